The number of hydrogen-bond acceptors (Lipinski definition) is 4. The third kappa shape index (κ3) is 3.03. The van der Waals surface area contributed by atoms with Gasteiger partial charge >= 0.3 is 6.18 Å². The van der Waals surface area contributed by atoms with Gasteiger partial charge in [-0.25, -0.2) is 0 Å². The van der Waals surface area contributed by atoms with Crippen LogP contribution in [0.4, 0.5) is 13.2 Å². The Morgan fingerprint density at radius 1 is 1.33 bits per heavy atom. The van der Waals surface area contributed by atoms with E-state index in [1.807, 2.05) is 0 Å². The number of amides is 1. The number of aryl methyl sites for hydroxylation is 2. The summed E-state index contributed by atoms with van der Waals surface area (Å²) in [6, 6.07) is 2.28. The fourth-order valence-electron chi connectivity index (χ4n) is 2.51. The molecule has 0 fully saturated rings. The monoisotopic (exact) mass is 341 g/mol. The molecule has 1 aliphatic heterocycles. The molecule has 0 spiro atoms. The van der Waals surface area contributed by atoms with Crippen LogP contribution in [-0.4, -0.2) is 31.3 Å². The highest BCUT2D eigenvalue weighted by molar-refractivity contribution is 5.99. The van der Waals surface area contributed by atoms with Crippen molar-refractivity contribution in [2.75, 3.05) is 0 Å². The predicted molar refractivity (Wildman–Crippen MR) is 75.2 cm³/mol. The van der Waals surface area contributed by atoms with Crippen molar-refractivity contribution in [2.45, 2.75) is 32.1 Å². The Morgan fingerprint density at radius 2 is 2.08 bits per heavy atom. The van der Waals surface area contributed by atoms with Crippen LogP contribution in [0.1, 0.15) is 45.2 Å². The highest BCUT2D eigenvalue weighted by atomic mass is 19.4. The number of carbonyl (C=O) groups excluding carboxylic acids is 2. The Bertz CT molecular complexity index is 806. The van der Waals surface area contributed by atoms with Gasteiger partial charge in [-0.05, 0) is 12.5 Å². The number of nitrogens with zero attached hydrogens (tertiary/aromatic N) is 4. The van der Waals surface area contributed by atoms with E-state index in [9.17, 15) is 22.8 Å². The zero-order valence-electron chi connectivity index (χ0n) is 12.7. The van der Waals surface area contributed by atoms with Gasteiger partial charge in [-0.15, -0.1) is 0 Å². The second-order valence-electron chi connectivity index (χ2n) is 5.49. The fraction of sp³-hybridized carbons (Fsp3) is 0.429. The summed E-state index contributed by atoms with van der Waals surface area (Å²) in [5.41, 5.74) is -0.363. The van der Waals surface area contributed by atoms with Crippen LogP contribution < -0.4 is 5.32 Å². The average molecular weight is 341 g/mol. The summed E-state index contributed by atoms with van der Waals surface area (Å²) in [6.45, 7) is 0.430. The average Bonchev–Trinajstić information content (AvgIpc) is 3.09. The summed E-state index contributed by atoms with van der Waals surface area (Å²) in [5.74, 6) is -0.631. The van der Waals surface area contributed by atoms with Crippen molar-refractivity contribution in [3.63, 3.8) is 0 Å². The first kappa shape index (κ1) is 16.2. The summed E-state index contributed by atoms with van der Waals surface area (Å²) in [5, 5.41) is 9.92. The summed E-state index contributed by atoms with van der Waals surface area (Å²) < 4.78 is 40.4. The van der Waals surface area contributed by atoms with Crippen LogP contribution >= 0.6 is 0 Å². The van der Waals surface area contributed by atoms with Crippen LogP contribution in [0, 0.1) is 0 Å². The van der Waals surface area contributed by atoms with Crippen LogP contribution in [0.25, 0.3) is 0 Å². The number of halogens is 3. The second kappa shape index (κ2) is 5.77. The van der Waals surface area contributed by atoms with Crippen LogP contribution in [0.15, 0.2) is 12.1 Å². The van der Waals surface area contributed by atoms with Gasteiger partial charge in [0.2, 0.25) is 0 Å². The SMILES string of the molecule is Cn1nc(C(F)(F)F)cc1CNC(=O)c1cc2n(n1)CCCC2=O. The largest absolute Gasteiger partial charge is 0.435 e. The lowest BCUT2D eigenvalue weighted by atomic mass is 10.1. The van der Waals surface area contributed by atoms with Crippen LogP contribution in [0.3, 0.4) is 0 Å². The van der Waals surface area contributed by atoms with Crippen molar-refractivity contribution in [1.82, 2.24) is 24.9 Å². The topological polar surface area (TPSA) is 81.8 Å². The zero-order valence-corrected chi connectivity index (χ0v) is 12.7. The fourth-order valence-corrected chi connectivity index (χ4v) is 2.51. The smallest absolute Gasteiger partial charge is 0.345 e. The Morgan fingerprint density at radius 3 is 2.71 bits per heavy atom. The molecule has 7 nitrogen and oxygen atoms in total. The highest BCUT2D eigenvalue weighted by Crippen LogP contribution is 2.28. The molecule has 1 aliphatic rings. The highest BCUT2D eigenvalue weighted by Gasteiger charge is 2.34. The first-order chi connectivity index (χ1) is 11.3. The standard InChI is InChI=1S/C14H14F3N5O2/c1-21-8(5-12(20-21)14(15,16)17)7-18-13(24)9-6-10-11(23)3-2-4-22(10)19-9/h5-6H,2-4,7H2,1H3,(H,18,24). The molecule has 128 valence electrons. The molecular formula is C14H14F3N5O2. The Balaban J connectivity index is 1.70. The third-order valence-electron chi connectivity index (χ3n) is 3.77. The van der Waals surface area contributed by atoms with Crippen LogP contribution in [0.2, 0.25) is 0 Å². The molecule has 0 saturated heterocycles. The number of rotatable bonds is 3. The molecular weight excluding hydrogens is 327 g/mol. The van der Waals surface area contributed by atoms with Gasteiger partial charge in [-0.1, -0.05) is 0 Å². The molecule has 0 unspecified atom stereocenters. The molecule has 0 bridgehead atoms. The molecule has 0 aliphatic carbocycles. The predicted octanol–water partition coefficient (Wildman–Crippen LogP) is 1.54. The van der Waals surface area contributed by atoms with Crippen LogP contribution in [-0.2, 0) is 26.3 Å². The van der Waals surface area contributed by atoms with Crippen molar-refractivity contribution < 1.29 is 22.8 Å². The summed E-state index contributed by atoms with van der Waals surface area (Å²) >= 11 is 0. The van der Waals surface area contributed by atoms with Gasteiger partial charge < -0.3 is 5.32 Å². The van der Waals surface area contributed by atoms with E-state index in [4.69, 9.17) is 0 Å². The maximum absolute atomic E-state index is 12.6. The van der Waals surface area contributed by atoms with Gasteiger partial charge in [-0.3, -0.25) is 19.0 Å². The molecule has 0 radical (unpaired) electrons. The van der Waals surface area contributed by atoms with Crippen molar-refractivity contribution in [1.29, 1.82) is 0 Å². The number of alkyl halides is 3. The van der Waals surface area contributed by atoms with Gasteiger partial charge in [-0.2, -0.15) is 23.4 Å². The first-order valence-corrected chi connectivity index (χ1v) is 7.25. The molecule has 3 rings (SSSR count). The van der Waals surface area contributed by atoms with Gasteiger partial charge in [0.05, 0.1) is 12.2 Å². The molecule has 0 aromatic carbocycles. The maximum atomic E-state index is 12.6. The van der Waals surface area contributed by atoms with E-state index in [-0.39, 0.29) is 23.7 Å². The number of Topliss-reactive ketones (excluding diaryl/α,β-unsaturated/α-hetero) is 1. The van der Waals surface area contributed by atoms with Gasteiger partial charge in [0.25, 0.3) is 5.91 Å². The van der Waals surface area contributed by atoms with E-state index >= 15 is 0 Å². The maximum Gasteiger partial charge on any atom is 0.435 e. The normalized spacial score (nSPS) is 14.6. The molecule has 1 N–H and O–H groups in total. The Labute approximate surface area is 134 Å². The zero-order chi connectivity index (χ0) is 17.5. The minimum atomic E-state index is -4.54. The number of fused-ring (bicyclic) bond motifs is 1. The van der Waals surface area contributed by atoms with Crippen molar-refractivity contribution in [3.8, 4) is 0 Å². The Kier molecular flexibility index (Phi) is 3.90. The lowest BCUT2D eigenvalue weighted by Crippen LogP contribution is -2.24. The van der Waals surface area contributed by atoms with E-state index in [0.29, 0.717) is 25.1 Å². The quantitative estimate of drug-likeness (QED) is 0.918. The number of aromatic nitrogens is 4. The minimum absolute atomic E-state index is 0.0680. The molecule has 1 amide bonds. The van der Waals surface area contributed by atoms with Crippen molar-refractivity contribution in [2.24, 2.45) is 7.05 Å². The van der Waals surface area contributed by atoms with Crippen molar-refractivity contribution in [3.05, 3.63) is 34.9 Å². The Hall–Kier alpha value is -2.65. The minimum Gasteiger partial charge on any atom is -0.345 e. The van der Waals surface area contributed by atoms with Gasteiger partial charge in [0.1, 0.15) is 5.69 Å². The molecule has 24 heavy (non-hydrogen) atoms. The van der Waals surface area contributed by atoms with E-state index in [1.165, 1.54) is 17.8 Å². The first-order valence-electron chi connectivity index (χ1n) is 7.25. The number of nitrogens with one attached hydrogen (secondary N) is 1. The number of ketones is 1. The molecule has 10 heteroatoms. The van der Waals surface area contributed by atoms with Gasteiger partial charge in [0, 0.05) is 26.1 Å². The van der Waals surface area contributed by atoms with Crippen LogP contribution in [0.5, 0.6) is 0 Å². The molecule has 2 aromatic rings. The molecule has 0 atom stereocenters. The second-order valence-corrected chi connectivity index (χ2v) is 5.49. The molecule has 3 heterocycles. The summed E-state index contributed by atoms with van der Waals surface area (Å²) in [4.78, 5) is 23.8. The van der Waals surface area contributed by atoms with E-state index in [1.54, 1.807) is 0 Å². The van der Waals surface area contributed by atoms with Gasteiger partial charge in [0.15, 0.2) is 17.2 Å². The van der Waals surface area contributed by atoms with Crippen molar-refractivity contribution >= 4 is 11.7 Å². The summed E-state index contributed by atoms with van der Waals surface area (Å²) in [6.07, 6.45) is -3.45. The van der Waals surface area contributed by atoms with E-state index in [0.717, 1.165) is 10.7 Å². The molecule has 0 saturated carbocycles. The lowest BCUT2D eigenvalue weighted by molar-refractivity contribution is -0.141. The third-order valence-corrected chi connectivity index (χ3v) is 3.77. The number of carbonyl (C=O) groups is 2. The lowest BCUT2D eigenvalue weighted by Gasteiger charge is -2.10. The van der Waals surface area contributed by atoms with E-state index in [2.05, 4.69) is 15.5 Å². The summed E-state index contributed by atoms with van der Waals surface area (Å²) in [7, 11) is 1.37. The number of hydrogen-bond donors (Lipinski definition) is 1. The van der Waals surface area contributed by atoms with E-state index < -0.39 is 17.8 Å². The molecule has 2 aromatic heterocycles.